The van der Waals surface area contributed by atoms with Crippen molar-refractivity contribution in [2.45, 2.75) is 52.4 Å². The number of pyridine rings is 1. The van der Waals surface area contributed by atoms with Gasteiger partial charge < -0.3 is 4.57 Å². The Morgan fingerprint density at radius 3 is 1.60 bits per heavy atom. The molecular weight excluding hydrogens is 585 g/mol. The van der Waals surface area contributed by atoms with E-state index in [1.807, 2.05) is 24.4 Å². The Bertz CT molecular complexity index is 2590. The van der Waals surface area contributed by atoms with E-state index in [0.717, 1.165) is 44.7 Å². The van der Waals surface area contributed by atoms with Crippen LogP contribution in [0.25, 0.3) is 66.2 Å². The van der Waals surface area contributed by atoms with Gasteiger partial charge in [0.25, 0.3) is 0 Å². The maximum absolute atomic E-state index is 10.3. The molecule has 5 aromatic carbocycles. The van der Waals surface area contributed by atoms with E-state index in [4.69, 9.17) is 4.98 Å². The molecule has 48 heavy (non-hydrogen) atoms. The van der Waals surface area contributed by atoms with Gasteiger partial charge in [-0.15, -0.1) is 0 Å². The molecule has 8 aromatic rings. The van der Waals surface area contributed by atoms with Gasteiger partial charge in [0.1, 0.15) is 5.82 Å². The van der Waals surface area contributed by atoms with Crippen LogP contribution < -0.4 is 0 Å². The Kier molecular flexibility index (Phi) is 6.62. The fourth-order valence-electron chi connectivity index (χ4n) is 7.15. The maximum Gasteiger partial charge on any atom is 0.138 e. The first kappa shape index (κ1) is 29.7. The molecule has 0 unspecified atom stereocenters. The molecule has 0 aliphatic rings. The predicted molar refractivity (Wildman–Crippen MR) is 200 cm³/mol. The summed E-state index contributed by atoms with van der Waals surface area (Å²) in [6, 6.07) is 43.3. The average molecular weight is 623 g/mol. The molecule has 0 amide bonds. The Balaban J connectivity index is 1.49. The van der Waals surface area contributed by atoms with E-state index < -0.39 is 0 Å². The van der Waals surface area contributed by atoms with Gasteiger partial charge >= 0.3 is 0 Å². The molecular formula is C44H38N4. The van der Waals surface area contributed by atoms with Crippen LogP contribution in [0.4, 0.5) is 0 Å². The molecule has 234 valence electrons. The normalized spacial score (nSPS) is 12.4. The van der Waals surface area contributed by atoms with Crippen LogP contribution in [0.3, 0.4) is 0 Å². The second-order valence-corrected chi connectivity index (χ2v) is 14.9. The third-order valence-corrected chi connectivity index (χ3v) is 9.76. The molecule has 4 nitrogen and oxygen atoms in total. The van der Waals surface area contributed by atoms with Crippen LogP contribution in [0.2, 0.25) is 0 Å². The van der Waals surface area contributed by atoms with Gasteiger partial charge in [-0.3, -0.25) is 4.57 Å². The molecule has 0 radical (unpaired) electrons. The maximum atomic E-state index is 10.3. The number of rotatable bonds is 3. The summed E-state index contributed by atoms with van der Waals surface area (Å²) in [5, 5.41) is 15.1. The Labute approximate surface area is 281 Å². The summed E-state index contributed by atoms with van der Waals surface area (Å²) in [4.78, 5) is 5.25. The largest absolute Gasteiger partial charge is 0.307 e. The van der Waals surface area contributed by atoms with Crippen molar-refractivity contribution in [3.05, 3.63) is 138 Å². The zero-order chi connectivity index (χ0) is 33.4. The van der Waals surface area contributed by atoms with E-state index in [1.54, 1.807) is 0 Å². The second kappa shape index (κ2) is 10.7. The summed E-state index contributed by atoms with van der Waals surface area (Å²) in [6.07, 6.45) is 2.00. The van der Waals surface area contributed by atoms with Crippen molar-refractivity contribution in [1.29, 1.82) is 5.26 Å². The number of hydrogen-bond donors (Lipinski definition) is 0. The lowest BCUT2D eigenvalue weighted by molar-refractivity contribution is 0.590. The van der Waals surface area contributed by atoms with Crippen molar-refractivity contribution in [3.63, 3.8) is 0 Å². The average Bonchev–Trinajstić information content (AvgIpc) is 3.59. The molecule has 0 fully saturated rings. The van der Waals surface area contributed by atoms with Gasteiger partial charge in [-0.1, -0.05) is 120 Å². The van der Waals surface area contributed by atoms with Gasteiger partial charge in [-0.05, 0) is 58.4 Å². The molecule has 0 spiro atoms. The standard InChI is InChI=1S/C44H38N4/c1-43(2,3)29-19-21-34-32-15-9-11-17-37(32)47(39(34)23-29)41-27-46-42(25-36(41)31-14-8-7-13-28(31)26-45)48-38-18-12-10-16-33(38)35-22-20-30(24-40(35)48)44(4,5)6/h7-25,27H,1-6H3. The van der Waals surface area contributed by atoms with Gasteiger partial charge in [0.15, 0.2) is 0 Å². The molecule has 0 bridgehead atoms. The lowest BCUT2D eigenvalue weighted by Gasteiger charge is -2.21. The van der Waals surface area contributed by atoms with Gasteiger partial charge in [0.2, 0.25) is 0 Å². The molecule has 0 aliphatic heterocycles. The van der Waals surface area contributed by atoms with Crippen LogP contribution in [0.5, 0.6) is 0 Å². The fraction of sp³-hybridized carbons (Fsp3) is 0.182. The molecule has 4 heteroatoms. The highest BCUT2D eigenvalue weighted by atomic mass is 15.1. The molecule has 0 aliphatic carbocycles. The van der Waals surface area contributed by atoms with Crippen molar-refractivity contribution in [1.82, 2.24) is 14.1 Å². The van der Waals surface area contributed by atoms with Crippen LogP contribution in [0, 0.1) is 11.3 Å². The number of benzene rings is 5. The first-order valence-electron chi connectivity index (χ1n) is 16.6. The number of aromatic nitrogens is 3. The van der Waals surface area contributed by atoms with E-state index in [-0.39, 0.29) is 10.8 Å². The lowest BCUT2D eigenvalue weighted by Crippen LogP contribution is -2.11. The van der Waals surface area contributed by atoms with Crippen molar-refractivity contribution in [2.75, 3.05) is 0 Å². The zero-order valence-electron chi connectivity index (χ0n) is 28.3. The summed E-state index contributed by atoms with van der Waals surface area (Å²) < 4.78 is 4.62. The molecule has 0 saturated carbocycles. The highest BCUT2D eigenvalue weighted by molar-refractivity contribution is 6.11. The highest BCUT2D eigenvalue weighted by Gasteiger charge is 2.23. The minimum absolute atomic E-state index is 0.00784. The van der Waals surface area contributed by atoms with E-state index >= 15 is 0 Å². The van der Waals surface area contributed by atoms with Crippen LogP contribution in [0.1, 0.15) is 58.2 Å². The third kappa shape index (κ3) is 4.61. The fourth-order valence-corrected chi connectivity index (χ4v) is 7.15. The predicted octanol–water partition coefficient (Wildman–Crippen LogP) is 11.4. The van der Waals surface area contributed by atoms with Crippen LogP contribution in [0.15, 0.2) is 121 Å². The molecule has 0 saturated heterocycles. The smallest absolute Gasteiger partial charge is 0.138 e. The van der Waals surface area contributed by atoms with Gasteiger partial charge in [-0.25, -0.2) is 4.98 Å². The van der Waals surface area contributed by atoms with E-state index in [1.165, 1.54) is 32.7 Å². The monoisotopic (exact) mass is 622 g/mol. The van der Waals surface area contributed by atoms with Crippen LogP contribution in [-0.2, 0) is 10.8 Å². The van der Waals surface area contributed by atoms with Crippen LogP contribution >= 0.6 is 0 Å². The Morgan fingerprint density at radius 2 is 1.02 bits per heavy atom. The SMILES string of the molecule is CC(C)(C)c1ccc2c3ccccc3n(-c3cc(-c4ccccc4C#N)c(-n4c5ccccc5c5ccc(C(C)(C)C)cc54)cn3)c2c1. The van der Waals surface area contributed by atoms with Crippen molar-refractivity contribution >= 4 is 43.6 Å². The molecule has 8 rings (SSSR count). The van der Waals surface area contributed by atoms with Crippen LogP contribution in [-0.4, -0.2) is 14.1 Å². The lowest BCUT2D eigenvalue weighted by atomic mass is 9.86. The van der Waals surface area contributed by atoms with E-state index in [0.29, 0.717) is 5.56 Å². The van der Waals surface area contributed by atoms with E-state index in [2.05, 4.69) is 154 Å². The zero-order valence-corrected chi connectivity index (χ0v) is 28.3. The third-order valence-electron chi connectivity index (χ3n) is 9.76. The van der Waals surface area contributed by atoms with Crippen molar-refractivity contribution < 1.29 is 0 Å². The van der Waals surface area contributed by atoms with Gasteiger partial charge in [0, 0.05) is 32.7 Å². The van der Waals surface area contributed by atoms with Gasteiger partial charge in [0.05, 0.1) is 45.6 Å². The number of fused-ring (bicyclic) bond motifs is 6. The van der Waals surface area contributed by atoms with Crippen molar-refractivity contribution in [3.8, 4) is 28.7 Å². The molecule has 0 atom stereocenters. The van der Waals surface area contributed by atoms with Crippen molar-refractivity contribution in [2.24, 2.45) is 0 Å². The molecule has 3 heterocycles. The minimum atomic E-state index is -0.0176. The first-order valence-corrected chi connectivity index (χ1v) is 16.6. The summed E-state index contributed by atoms with van der Waals surface area (Å²) in [5.41, 5.74) is 10.4. The highest BCUT2D eigenvalue weighted by Crippen LogP contribution is 2.41. The van der Waals surface area contributed by atoms with E-state index in [9.17, 15) is 5.26 Å². The first-order chi connectivity index (χ1) is 23.0. The Hall–Kier alpha value is -5.66. The summed E-state index contributed by atoms with van der Waals surface area (Å²) in [5.74, 6) is 0.815. The quantitative estimate of drug-likeness (QED) is 0.197. The number of nitrogens with zero attached hydrogens (tertiary/aromatic N) is 4. The summed E-state index contributed by atoms with van der Waals surface area (Å²) >= 11 is 0. The summed E-state index contributed by atoms with van der Waals surface area (Å²) in [7, 11) is 0. The topological polar surface area (TPSA) is 46.5 Å². The molecule has 0 N–H and O–H groups in total. The molecule has 3 aromatic heterocycles. The number of hydrogen-bond acceptors (Lipinski definition) is 2. The Morgan fingerprint density at radius 1 is 0.521 bits per heavy atom. The second-order valence-electron chi connectivity index (χ2n) is 14.9. The van der Waals surface area contributed by atoms with Gasteiger partial charge in [-0.2, -0.15) is 5.26 Å². The number of nitriles is 1. The minimum Gasteiger partial charge on any atom is -0.307 e. The number of para-hydroxylation sites is 2. The summed E-state index contributed by atoms with van der Waals surface area (Å²) in [6.45, 7) is 13.5.